The lowest BCUT2D eigenvalue weighted by atomic mass is 10.1. The largest absolute Gasteiger partial charge is 0.496 e. The topological polar surface area (TPSA) is 51.2 Å². The molecule has 0 fully saturated rings. The number of nitrogens with zero attached hydrogens (tertiary/aromatic N) is 1. The molecule has 0 aliphatic rings. The molecule has 4 nitrogen and oxygen atoms in total. The molecule has 1 aromatic heterocycles. The van der Waals surface area contributed by atoms with Crippen molar-refractivity contribution in [3.8, 4) is 5.75 Å². The third kappa shape index (κ3) is 4.67. The highest BCUT2D eigenvalue weighted by molar-refractivity contribution is 7.15. The number of anilines is 1. The zero-order valence-corrected chi connectivity index (χ0v) is 15.1. The molecule has 0 spiro atoms. The van der Waals surface area contributed by atoms with E-state index in [1.165, 1.54) is 22.5 Å². The molecule has 0 unspecified atom stereocenters. The maximum atomic E-state index is 12.3. The number of nitrogens with one attached hydrogen (secondary N) is 1. The molecule has 128 valence electrons. The summed E-state index contributed by atoms with van der Waals surface area (Å²) in [6.07, 6.45) is 2.90. The van der Waals surface area contributed by atoms with E-state index in [2.05, 4.69) is 41.5 Å². The van der Waals surface area contributed by atoms with Crippen LogP contribution in [0.4, 0.5) is 5.13 Å². The van der Waals surface area contributed by atoms with Gasteiger partial charge in [0.15, 0.2) is 5.13 Å². The molecule has 3 rings (SSSR count). The third-order valence-corrected chi connectivity index (χ3v) is 4.76. The second-order valence-electron chi connectivity index (χ2n) is 5.83. The van der Waals surface area contributed by atoms with Crippen molar-refractivity contribution < 1.29 is 9.53 Å². The molecule has 3 aromatic rings. The van der Waals surface area contributed by atoms with E-state index in [0.717, 1.165) is 22.6 Å². The van der Waals surface area contributed by atoms with Gasteiger partial charge in [-0.25, -0.2) is 4.98 Å². The molecule has 5 heteroatoms. The smallest absolute Gasteiger partial charge is 0.230 e. The van der Waals surface area contributed by atoms with E-state index in [9.17, 15) is 4.79 Å². The fourth-order valence-corrected chi connectivity index (χ4v) is 3.40. The zero-order chi connectivity index (χ0) is 17.6. The van der Waals surface area contributed by atoms with Gasteiger partial charge in [0.25, 0.3) is 0 Å². The summed E-state index contributed by atoms with van der Waals surface area (Å²) in [5.41, 5.74) is 3.34. The predicted molar refractivity (Wildman–Crippen MR) is 101 cm³/mol. The van der Waals surface area contributed by atoms with Crippen LogP contribution >= 0.6 is 11.3 Å². The van der Waals surface area contributed by atoms with Gasteiger partial charge in [-0.3, -0.25) is 4.79 Å². The molecular formula is C20H20N2O2S. The first kappa shape index (κ1) is 17.2. The summed E-state index contributed by atoms with van der Waals surface area (Å²) in [4.78, 5) is 17.7. The van der Waals surface area contributed by atoms with E-state index in [1.807, 2.05) is 30.5 Å². The molecule has 0 saturated carbocycles. The first-order valence-corrected chi connectivity index (χ1v) is 8.87. The van der Waals surface area contributed by atoms with Crippen LogP contribution in [-0.4, -0.2) is 18.0 Å². The summed E-state index contributed by atoms with van der Waals surface area (Å²) in [7, 11) is 1.61. The molecule has 1 amide bonds. The highest BCUT2D eigenvalue weighted by Gasteiger charge is 2.11. The molecule has 0 aliphatic carbocycles. The Morgan fingerprint density at radius 2 is 1.92 bits per heavy atom. The van der Waals surface area contributed by atoms with E-state index >= 15 is 0 Å². The average molecular weight is 352 g/mol. The molecule has 0 atom stereocenters. The van der Waals surface area contributed by atoms with Crippen LogP contribution in [0.15, 0.2) is 54.7 Å². The highest BCUT2D eigenvalue weighted by Crippen LogP contribution is 2.23. The Morgan fingerprint density at radius 3 is 2.68 bits per heavy atom. The number of aromatic nitrogens is 1. The lowest BCUT2D eigenvalue weighted by Crippen LogP contribution is -2.14. The molecule has 0 aliphatic heterocycles. The number of rotatable bonds is 6. The second-order valence-corrected chi connectivity index (χ2v) is 6.95. The first-order chi connectivity index (χ1) is 12.1. The van der Waals surface area contributed by atoms with Crippen LogP contribution in [0.25, 0.3) is 0 Å². The SMILES string of the molecule is COc1ccccc1CC(=O)Nc1ncc(Cc2ccc(C)cc2)s1. The number of hydrogen-bond acceptors (Lipinski definition) is 4. The number of hydrogen-bond donors (Lipinski definition) is 1. The maximum Gasteiger partial charge on any atom is 0.230 e. The number of carbonyl (C=O) groups is 1. The maximum absolute atomic E-state index is 12.3. The van der Waals surface area contributed by atoms with Gasteiger partial charge < -0.3 is 10.1 Å². The second kappa shape index (κ2) is 7.94. The van der Waals surface area contributed by atoms with Gasteiger partial charge in [-0.15, -0.1) is 11.3 Å². The summed E-state index contributed by atoms with van der Waals surface area (Å²) >= 11 is 1.51. The Morgan fingerprint density at radius 1 is 1.16 bits per heavy atom. The number of thiazole rings is 1. The van der Waals surface area contributed by atoms with Gasteiger partial charge >= 0.3 is 0 Å². The van der Waals surface area contributed by atoms with E-state index in [4.69, 9.17) is 4.74 Å². The van der Waals surface area contributed by atoms with Gasteiger partial charge in [-0.2, -0.15) is 0 Å². The standard InChI is InChI=1S/C20H20N2O2S/c1-14-7-9-15(10-8-14)11-17-13-21-20(25-17)22-19(23)12-16-5-3-4-6-18(16)24-2/h3-10,13H,11-12H2,1-2H3,(H,21,22,23). The van der Waals surface area contributed by atoms with Gasteiger partial charge in [0.2, 0.25) is 5.91 Å². The minimum Gasteiger partial charge on any atom is -0.496 e. The van der Waals surface area contributed by atoms with Crippen LogP contribution in [0.1, 0.15) is 21.6 Å². The van der Waals surface area contributed by atoms with Crippen LogP contribution in [0.2, 0.25) is 0 Å². The van der Waals surface area contributed by atoms with E-state index < -0.39 is 0 Å². The minimum absolute atomic E-state index is 0.0965. The highest BCUT2D eigenvalue weighted by atomic mass is 32.1. The number of ether oxygens (including phenoxy) is 1. The lowest BCUT2D eigenvalue weighted by molar-refractivity contribution is -0.115. The van der Waals surface area contributed by atoms with Crippen molar-refractivity contribution in [2.45, 2.75) is 19.8 Å². The van der Waals surface area contributed by atoms with Gasteiger partial charge in [0.1, 0.15) is 5.75 Å². The fourth-order valence-electron chi connectivity index (χ4n) is 2.54. The van der Waals surface area contributed by atoms with E-state index in [1.54, 1.807) is 7.11 Å². The summed E-state index contributed by atoms with van der Waals surface area (Å²) in [5, 5.41) is 3.50. The molecule has 1 heterocycles. The normalized spacial score (nSPS) is 10.5. The average Bonchev–Trinajstić information content (AvgIpc) is 3.04. The van der Waals surface area contributed by atoms with Crippen molar-refractivity contribution in [3.63, 3.8) is 0 Å². The van der Waals surface area contributed by atoms with Crippen LogP contribution in [0.3, 0.4) is 0 Å². The molecule has 0 radical (unpaired) electrons. The Kier molecular flexibility index (Phi) is 5.46. The summed E-state index contributed by atoms with van der Waals surface area (Å²) < 4.78 is 5.28. The molecule has 25 heavy (non-hydrogen) atoms. The number of para-hydroxylation sites is 1. The number of aryl methyl sites for hydroxylation is 1. The van der Waals surface area contributed by atoms with Crippen LogP contribution < -0.4 is 10.1 Å². The number of benzene rings is 2. The zero-order valence-electron chi connectivity index (χ0n) is 14.3. The molecule has 0 saturated heterocycles. The Balaban J connectivity index is 1.61. The summed E-state index contributed by atoms with van der Waals surface area (Å²) in [6, 6.07) is 16.0. The van der Waals surface area contributed by atoms with Gasteiger partial charge in [-0.1, -0.05) is 48.0 Å². The van der Waals surface area contributed by atoms with Crippen molar-refractivity contribution in [1.82, 2.24) is 4.98 Å². The number of methoxy groups -OCH3 is 1. The molecular weight excluding hydrogens is 332 g/mol. The monoisotopic (exact) mass is 352 g/mol. The predicted octanol–water partition coefficient (Wildman–Crippen LogP) is 4.23. The minimum atomic E-state index is -0.0965. The van der Waals surface area contributed by atoms with Gasteiger partial charge in [-0.05, 0) is 18.6 Å². The Labute approximate surface area is 151 Å². The van der Waals surface area contributed by atoms with Crippen molar-refractivity contribution in [1.29, 1.82) is 0 Å². The van der Waals surface area contributed by atoms with Gasteiger partial charge in [0.05, 0.1) is 13.5 Å². The van der Waals surface area contributed by atoms with Crippen molar-refractivity contribution in [3.05, 3.63) is 76.3 Å². The van der Waals surface area contributed by atoms with Crippen LogP contribution in [0, 0.1) is 6.92 Å². The Bertz CT molecular complexity index is 856. The fraction of sp³-hybridized carbons (Fsp3) is 0.200. The number of carbonyl (C=O) groups excluding carboxylic acids is 1. The third-order valence-electron chi connectivity index (χ3n) is 3.84. The van der Waals surface area contributed by atoms with Crippen molar-refractivity contribution in [2.24, 2.45) is 0 Å². The first-order valence-electron chi connectivity index (χ1n) is 8.06. The Hall–Kier alpha value is -2.66. The van der Waals surface area contributed by atoms with E-state index in [0.29, 0.717) is 5.13 Å². The van der Waals surface area contributed by atoms with E-state index in [-0.39, 0.29) is 12.3 Å². The quantitative estimate of drug-likeness (QED) is 0.722. The summed E-state index contributed by atoms with van der Waals surface area (Å²) in [5.74, 6) is 0.623. The van der Waals surface area contributed by atoms with Crippen LogP contribution in [-0.2, 0) is 17.6 Å². The van der Waals surface area contributed by atoms with Gasteiger partial charge in [0, 0.05) is 23.1 Å². The molecule has 1 N–H and O–H groups in total. The van der Waals surface area contributed by atoms with Crippen LogP contribution in [0.5, 0.6) is 5.75 Å². The van der Waals surface area contributed by atoms with Crippen molar-refractivity contribution >= 4 is 22.4 Å². The molecule has 0 bridgehead atoms. The molecule has 2 aromatic carbocycles. The summed E-state index contributed by atoms with van der Waals surface area (Å²) in [6.45, 7) is 2.08. The lowest BCUT2D eigenvalue weighted by Gasteiger charge is -2.07. The number of amides is 1. The van der Waals surface area contributed by atoms with Crippen molar-refractivity contribution in [2.75, 3.05) is 12.4 Å².